The van der Waals surface area contributed by atoms with Gasteiger partial charge in [-0.05, 0) is 18.4 Å². The third-order valence-corrected chi connectivity index (χ3v) is 6.00. The van der Waals surface area contributed by atoms with Crippen LogP contribution in [0.25, 0.3) is 0 Å². The second-order valence-electron chi connectivity index (χ2n) is 3.22. The van der Waals surface area contributed by atoms with E-state index in [1.165, 1.54) is 18.4 Å². The van der Waals surface area contributed by atoms with Gasteiger partial charge in [-0.15, -0.1) is 0 Å². The van der Waals surface area contributed by atoms with Crippen molar-refractivity contribution >= 4 is 45.2 Å². The Labute approximate surface area is 108 Å². The summed E-state index contributed by atoms with van der Waals surface area (Å²) in [6.45, 7) is 2.28. The third-order valence-electron chi connectivity index (χ3n) is 2.05. The van der Waals surface area contributed by atoms with Crippen LogP contribution in [-0.4, -0.2) is 7.85 Å². The molecule has 0 N–H and O–H groups in total. The first-order chi connectivity index (χ1) is 6.20. The second kappa shape index (κ2) is 6.22. The van der Waals surface area contributed by atoms with Crippen LogP contribution in [-0.2, 0) is 6.42 Å². The molecule has 72 valence electrons. The predicted molar refractivity (Wildman–Crippen MR) is 76.1 cm³/mol. The molecular formula is C11H14I2. The van der Waals surface area contributed by atoms with E-state index in [1.54, 1.807) is 0 Å². The minimum absolute atomic E-state index is 0.766. The number of benzene rings is 1. The van der Waals surface area contributed by atoms with Gasteiger partial charge >= 0.3 is 0 Å². The van der Waals surface area contributed by atoms with Gasteiger partial charge in [-0.25, -0.2) is 0 Å². The summed E-state index contributed by atoms with van der Waals surface area (Å²) in [6.07, 6.45) is 2.50. The van der Waals surface area contributed by atoms with Crippen molar-refractivity contribution in [2.24, 2.45) is 0 Å². The molecule has 1 unspecified atom stereocenters. The van der Waals surface area contributed by atoms with Crippen LogP contribution in [0.1, 0.15) is 18.9 Å². The van der Waals surface area contributed by atoms with Crippen molar-refractivity contribution in [1.82, 2.24) is 0 Å². The lowest BCUT2D eigenvalue weighted by molar-refractivity contribution is 0.784. The molecule has 0 nitrogen and oxygen atoms in total. The average Bonchev–Trinajstić information content (AvgIpc) is 2.15. The fraction of sp³-hybridized carbons (Fsp3) is 0.455. The summed E-state index contributed by atoms with van der Waals surface area (Å²) < 4.78 is 1.56. The number of rotatable bonds is 4. The number of alkyl halides is 2. The van der Waals surface area contributed by atoms with E-state index in [1.807, 2.05) is 0 Å². The van der Waals surface area contributed by atoms with Crippen LogP contribution in [0.3, 0.4) is 0 Å². The van der Waals surface area contributed by atoms with Crippen molar-refractivity contribution in [3.05, 3.63) is 35.9 Å². The van der Waals surface area contributed by atoms with Crippen molar-refractivity contribution in [2.45, 2.75) is 27.6 Å². The van der Waals surface area contributed by atoms with Crippen molar-refractivity contribution in [3.63, 3.8) is 0 Å². The summed E-state index contributed by atoms with van der Waals surface area (Å²) >= 11 is 5.05. The molecule has 1 aromatic carbocycles. The lowest BCUT2D eigenvalue weighted by Crippen LogP contribution is -2.10. The molecule has 0 fully saturated rings. The Morgan fingerprint density at radius 3 is 2.31 bits per heavy atom. The normalized spacial score (nSPS) is 15.3. The minimum atomic E-state index is 0.766. The van der Waals surface area contributed by atoms with Gasteiger partial charge in [0.15, 0.2) is 0 Å². The molecule has 0 saturated carbocycles. The van der Waals surface area contributed by atoms with Crippen molar-refractivity contribution in [2.75, 3.05) is 0 Å². The largest absolute Gasteiger partial charge is 0.0818 e. The fourth-order valence-corrected chi connectivity index (χ4v) is 1.85. The quantitative estimate of drug-likeness (QED) is 0.524. The number of hydrogen-bond donors (Lipinski definition) is 0. The van der Waals surface area contributed by atoms with Crippen LogP contribution >= 0.6 is 45.2 Å². The van der Waals surface area contributed by atoms with E-state index in [-0.39, 0.29) is 0 Å². The van der Waals surface area contributed by atoms with Crippen LogP contribution in [0.15, 0.2) is 30.3 Å². The van der Waals surface area contributed by atoms with E-state index in [9.17, 15) is 0 Å². The summed E-state index contributed by atoms with van der Waals surface area (Å²) in [6, 6.07) is 10.7. The van der Waals surface area contributed by atoms with E-state index in [0.29, 0.717) is 0 Å². The lowest BCUT2D eigenvalue weighted by atomic mass is 10.1. The monoisotopic (exact) mass is 400 g/mol. The maximum atomic E-state index is 2.55. The lowest BCUT2D eigenvalue weighted by Gasteiger charge is -2.11. The summed E-state index contributed by atoms with van der Waals surface area (Å²) in [5, 5.41) is 0. The molecule has 1 aromatic rings. The molecule has 0 heterocycles. The molecule has 0 aliphatic carbocycles. The first kappa shape index (κ1) is 11.8. The SMILES string of the molecule is C[C@@H](I)C(I)CCc1ccccc1. The molecule has 2 heteroatoms. The molecular weight excluding hydrogens is 386 g/mol. The first-order valence-corrected chi connectivity index (χ1v) is 7.01. The Hall–Kier alpha value is 0.680. The predicted octanol–water partition coefficient (Wildman–Crippen LogP) is 4.25. The van der Waals surface area contributed by atoms with Gasteiger partial charge in [0, 0.05) is 7.85 Å². The molecule has 1 rings (SSSR count). The smallest absolute Gasteiger partial charge is 0.0228 e. The van der Waals surface area contributed by atoms with Crippen LogP contribution in [0.4, 0.5) is 0 Å². The Balaban J connectivity index is 2.35. The minimum Gasteiger partial charge on any atom is -0.0818 e. The van der Waals surface area contributed by atoms with Crippen molar-refractivity contribution < 1.29 is 0 Å². The highest BCUT2D eigenvalue weighted by molar-refractivity contribution is 14.1. The summed E-state index contributed by atoms with van der Waals surface area (Å²) in [5.41, 5.74) is 1.46. The summed E-state index contributed by atoms with van der Waals surface area (Å²) in [5.74, 6) is 0. The van der Waals surface area contributed by atoms with Gasteiger partial charge in [-0.2, -0.15) is 0 Å². The Kier molecular flexibility index (Phi) is 5.62. The van der Waals surface area contributed by atoms with Crippen LogP contribution in [0.2, 0.25) is 0 Å². The van der Waals surface area contributed by atoms with Crippen LogP contribution < -0.4 is 0 Å². The maximum absolute atomic E-state index is 2.55. The highest BCUT2D eigenvalue weighted by Crippen LogP contribution is 2.20. The van der Waals surface area contributed by atoms with Crippen LogP contribution in [0, 0.1) is 0 Å². The molecule has 0 saturated heterocycles. The summed E-state index contributed by atoms with van der Waals surface area (Å²) in [7, 11) is 0. The first-order valence-electron chi connectivity index (χ1n) is 4.52. The van der Waals surface area contributed by atoms with Gasteiger partial charge in [-0.3, -0.25) is 0 Å². The number of hydrogen-bond acceptors (Lipinski definition) is 0. The zero-order valence-electron chi connectivity index (χ0n) is 7.71. The summed E-state index contributed by atoms with van der Waals surface area (Å²) in [4.78, 5) is 0. The molecule has 0 bridgehead atoms. The molecule has 0 aliphatic rings. The molecule has 2 atom stereocenters. The highest BCUT2D eigenvalue weighted by Gasteiger charge is 2.09. The van der Waals surface area contributed by atoms with Crippen LogP contribution in [0.5, 0.6) is 0 Å². The molecule has 0 aliphatic heterocycles. The second-order valence-corrected chi connectivity index (χ2v) is 6.78. The fourth-order valence-electron chi connectivity index (χ4n) is 1.18. The zero-order chi connectivity index (χ0) is 9.68. The Morgan fingerprint density at radius 1 is 1.15 bits per heavy atom. The third kappa shape index (κ3) is 4.63. The number of aryl methyl sites for hydroxylation is 1. The molecule has 13 heavy (non-hydrogen) atoms. The molecule has 0 radical (unpaired) electrons. The van der Waals surface area contributed by atoms with E-state index in [0.717, 1.165) is 7.85 Å². The van der Waals surface area contributed by atoms with Gasteiger partial charge in [-0.1, -0.05) is 82.4 Å². The van der Waals surface area contributed by atoms with E-state index < -0.39 is 0 Å². The average molecular weight is 400 g/mol. The van der Waals surface area contributed by atoms with Crippen molar-refractivity contribution in [3.8, 4) is 0 Å². The van der Waals surface area contributed by atoms with E-state index in [4.69, 9.17) is 0 Å². The topological polar surface area (TPSA) is 0 Å². The van der Waals surface area contributed by atoms with Crippen molar-refractivity contribution in [1.29, 1.82) is 0 Å². The highest BCUT2D eigenvalue weighted by atomic mass is 127. The Bertz CT molecular complexity index is 231. The standard InChI is InChI=1S/C11H14I2/c1-9(12)11(13)8-7-10-5-3-2-4-6-10/h2-6,9,11H,7-8H2,1H3/t9-,11?/m1/s1. The van der Waals surface area contributed by atoms with Gasteiger partial charge in [0.05, 0.1) is 0 Å². The van der Waals surface area contributed by atoms with Gasteiger partial charge in [0.1, 0.15) is 0 Å². The molecule has 0 spiro atoms. The van der Waals surface area contributed by atoms with Gasteiger partial charge < -0.3 is 0 Å². The van der Waals surface area contributed by atoms with Gasteiger partial charge in [0.25, 0.3) is 0 Å². The molecule has 0 amide bonds. The Morgan fingerprint density at radius 2 is 1.77 bits per heavy atom. The van der Waals surface area contributed by atoms with Gasteiger partial charge in [0.2, 0.25) is 0 Å². The maximum Gasteiger partial charge on any atom is 0.0228 e. The van der Waals surface area contributed by atoms with E-state index in [2.05, 4.69) is 82.4 Å². The molecule has 0 aromatic heterocycles. The van der Waals surface area contributed by atoms with E-state index >= 15 is 0 Å². The zero-order valence-corrected chi connectivity index (χ0v) is 12.0. The number of halogens is 2.